The van der Waals surface area contributed by atoms with Gasteiger partial charge in [0.1, 0.15) is 0 Å². The summed E-state index contributed by atoms with van der Waals surface area (Å²) >= 11 is 0. The Bertz CT molecular complexity index is 183. The number of rotatable bonds is 10. The van der Waals surface area contributed by atoms with E-state index in [1.165, 1.54) is 0 Å². The molecule has 0 fully saturated rings. The summed E-state index contributed by atoms with van der Waals surface area (Å²) < 4.78 is 5.40. The molecule has 0 heterocycles. The maximum atomic E-state index is 10.3. The van der Waals surface area contributed by atoms with Gasteiger partial charge in [-0.2, -0.15) is 0 Å². The third-order valence-electron chi connectivity index (χ3n) is 2.53. The van der Waals surface area contributed by atoms with Gasteiger partial charge in [0.15, 0.2) is 0 Å². The van der Waals surface area contributed by atoms with Crippen LogP contribution in [0.15, 0.2) is 0 Å². The van der Waals surface area contributed by atoms with Crippen LogP contribution in [0, 0.1) is 5.92 Å². The maximum Gasteiger partial charge on any atom is 0.303 e. The van der Waals surface area contributed by atoms with Crippen LogP contribution < -0.4 is 5.32 Å². The van der Waals surface area contributed by atoms with Crippen molar-refractivity contribution in [1.29, 1.82) is 0 Å². The van der Waals surface area contributed by atoms with E-state index in [0.717, 1.165) is 32.6 Å². The predicted octanol–water partition coefficient (Wildman–Crippen LogP) is 1.89. The first-order valence-corrected chi connectivity index (χ1v) is 6.10. The van der Waals surface area contributed by atoms with Crippen LogP contribution in [0.25, 0.3) is 0 Å². The lowest BCUT2D eigenvalue weighted by Crippen LogP contribution is -2.38. The van der Waals surface area contributed by atoms with Crippen molar-refractivity contribution in [3.05, 3.63) is 0 Å². The van der Waals surface area contributed by atoms with Gasteiger partial charge in [0.25, 0.3) is 0 Å². The summed E-state index contributed by atoms with van der Waals surface area (Å²) in [4.78, 5) is 10.3. The molecule has 4 nitrogen and oxygen atoms in total. The van der Waals surface area contributed by atoms with Crippen LogP contribution in [0.1, 0.15) is 40.0 Å². The van der Waals surface area contributed by atoms with Crippen LogP contribution >= 0.6 is 0 Å². The number of hydrogen-bond donors (Lipinski definition) is 2. The summed E-state index contributed by atoms with van der Waals surface area (Å²) in [5.41, 5.74) is 0. The average molecular weight is 231 g/mol. The van der Waals surface area contributed by atoms with E-state index in [-0.39, 0.29) is 6.42 Å². The maximum absolute atomic E-state index is 10.3. The fourth-order valence-electron chi connectivity index (χ4n) is 1.42. The van der Waals surface area contributed by atoms with E-state index in [9.17, 15) is 4.79 Å². The van der Waals surface area contributed by atoms with E-state index in [0.29, 0.717) is 12.0 Å². The lowest BCUT2D eigenvalue weighted by atomic mass is 10.1. The van der Waals surface area contributed by atoms with Gasteiger partial charge in [0.2, 0.25) is 0 Å². The molecule has 0 aromatic carbocycles. The first-order valence-electron chi connectivity index (χ1n) is 6.10. The number of carboxylic acid groups (broad SMARTS) is 1. The van der Waals surface area contributed by atoms with Crippen LogP contribution in [0.5, 0.6) is 0 Å². The van der Waals surface area contributed by atoms with Crippen molar-refractivity contribution in [2.75, 3.05) is 19.8 Å². The highest BCUT2D eigenvalue weighted by Gasteiger charge is 2.11. The molecule has 0 aliphatic carbocycles. The lowest BCUT2D eigenvalue weighted by molar-refractivity contribution is -0.137. The number of carbonyl (C=O) groups is 1. The first-order chi connectivity index (χ1) is 7.57. The standard InChI is InChI=1S/C12H25NO3/c1-4-16-9-11(10(2)3)13-8-6-5-7-12(14)15/h10-11,13H,4-9H2,1-3H3,(H,14,15). The fourth-order valence-corrected chi connectivity index (χ4v) is 1.42. The van der Waals surface area contributed by atoms with Gasteiger partial charge in [-0.1, -0.05) is 13.8 Å². The van der Waals surface area contributed by atoms with E-state index in [4.69, 9.17) is 9.84 Å². The van der Waals surface area contributed by atoms with E-state index in [1.54, 1.807) is 0 Å². The molecule has 0 amide bonds. The topological polar surface area (TPSA) is 58.6 Å². The van der Waals surface area contributed by atoms with Gasteiger partial charge in [-0.3, -0.25) is 4.79 Å². The third kappa shape index (κ3) is 8.68. The smallest absolute Gasteiger partial charge is 0.303 e. The summed E-state index contributed by atoms with van der Waals surface area (Å²) in [6.45, 7) is 8.65. The van der Waals surface area contributed by atoms with Gasteiger partial charge in [-0.15, -0.1) is 0 Å². The number of nitrogens with one attached hydrogen (secondary N) is 1. The molecule has 0 aliphatic heterocycles. The molecule has 0 rings (SSSR count). The molecule has 0 aromatic rings. The van der Waals surface area contributed by atoms with Crippen molar-refractivity contribution >= 4 is 5.97 Å². The second-order valence-corrected chi connectivity index (χ2v) is 4.31. The lowest BCUT2D eigenvalue weighted by Gasteiger charge is -2.22. The highest BCUT2D eigenvalue weighted by molar-refractivity contribution is 5.66. The van der Waals surface area contributed by atoms with Crippen LogP contribution in [0.3, 0.4) is 0 Å². The molecule has 0 bridgehead atoms. The summed E-state index contributed by atoms with van der Waals surface area (Å²) in [5, 5.41) is 11.9. The minimum atomic E-state index is -0.713. The largest absolute Gasteiger partial charge is 0.481 e. The number of unbranched alkanes of at least 4 members (excludes halogenated alkanes) is 1. The van der Waals surface area contributed by atoms with E-state index < -0.39 is 5.97 Å². The SMILES string of the molecule is CCOCC(NCCCCC(=O)O)C(C)C. The second-order valence-electron chi connectivity index (χ2n) is 4.31. The molecule has 0 aliphatic rings. The highest BCUT2D eigenvalue weighted by atomic mass is 16.5. The summed E-state index contributed by atoms with van der Waals surface area (Å²) in [5.74, 6) is -0.180. The molecule has 0 spiro atoms. The third-order valence-corrected chi connectivity index (χ3v) is 2.53. The predicted molar refractivity (Wildman–Crippen MR) is 64.6 cm³/mol. The van der Waals surface area contributed by atoms with Gasteiger partial charge >= 0.3 is 5.97 Å². The molecule has 0 radical (unpaired) electrons. The Morgan fingerprint density at radius 1 is 1.38 bits per heavy atom. The summed E-state index contributed by atoms with van der Waals surface area (Å²) in [6, 6.07) is 0.366. The number of aliphatic carboxylic acids is 1. The minimum absolute atomic E-state index is 0.263. The zero-order valence-corrected chi connectivity index (χ0v) is 10.7. The molecule has 0 saturated heterocycles. The van der Waals surface area contributed by atoms with E-state index >= 15 is 0 Å². The molecular weight excluding hydrogens is 206 g/mol. The van der Waals surface area contributed by atoms with Crippen molar-refractivity contribution in [1.82, 2.24) is 5.32 Å². The van der Waals surface area contributed by atoms with Crippen LogP contribution in [-0.2, 0) is 9.53 Å². The fraction of sp³-hybridized carbons (Fsp3) is 0.917. The van der Waals surface area contributed by atoms with Crippen molar-refractivity contribution < 1.29 is 14.6 Å². The van der Waals surface area contributed by atoms with Gasteiger partial charge in [-0.05, 0) is 32.2 Å². The zero-order valence-electron chi connectivity index (χ0n) is 10.7. The Balaban J connectivity index is 3.55. The Hall–Kier alpha value is -0.610. The summed E-state index contributed by atoms with van der Waals surface area (Å²) in [6.07, 6.45) is 1.91. The van der Waals surface area contributed by atoms with Gasteiger partial charge in [0, 0.05) is 19.1 Å². The second kappa shape index (κ2) is 9.60. The molecule has 1 atom stereocenters. The van der Waals surface area contributed by atoms with E-state index in [2.05, 4.69) is 19.2 Å². The molecule has 0 aromatic heterocycles. The van der Waals surface area contributed by atoms with Crippen LogP contribution in [0.4, 0.5) is 0 Å². The number of carboxylic acids is 1. The Morgan fingerprint density at radius 3 is 2.56 bits per heavy atom. The van der Waals surface area contributed by atoms with Gasteiger partial charge < -0.3 is 15.2 Å². The van der Waals surface area contributed by atoms with Crippen molar-refractivity contribution in [2.45, 2.75) is 46.1 Å². The van der Waals surface area contributed by atoms with E-state index in [1.807, 2.05) is 6.92 Å². The molecule has 0 saturated carbocycles. The molecule has 16 heavy (non-hydrogen) atoms. The number of ether oxygens (including phenoxy) is 1. The zero-order chi connectivity index (χ0) is 12.4. The highest BCUT2D eigenvalue weighted by Crippen LogP contribution is 2.03. The Morgan fingerprint density at radius 2 is 2.06 bits per heavy atom. The minimum Gasteiger partial charge on any atom is -0.481 e. The molecule has 96 valence electrons. The molecule has 4 heteroatoms. The molecule has 1 unspecified atom stereocenters. The van der Waals surface area contributed by atoms with Crippen LogP contribution in [0.2, 0.25) is 0 Å². The quantitative estimate of drug-likeness (QED) is 0.564. The monoisotopic (exact) mass is 231 g/mol. The Labute approximate surface area is 98.4 Å². The van der Waals surface area contributed by atoms with Crippen molar-refractivity contribution in [3.8, 4) is 0 Å². The normalized spacial score (nSPS) is 13.0. The van der Waals surface area contributed by atoms with Gasteiger partial charge in [-0.25, -0.2) is 0 Å². The molecule has 2 N–H and O–H groups in total. The van der Waals surface area contributed by atoms with Crippen LogP contribution in [-0.4, -0.2) is 36.9 Å². The first kappa shape index (κ1) is 15.4. The molecular formula is C12H25NO3. The average Bonchev–Trinajstić information content (AvgIpc) is 2.21. The van der Waals surface area contributed by atoms with Gasteiger partial charge in [0.05, 0.1) is 6.61 Å². The summed E-state index contributed by atoms with van der Waals surface area (Å²) in [7, 11) is 0. The number of hydrogen-bond acceptors (Lipinski definition) is 3. The Kier molecular flexibility index (Phi) is 9.24. The van der Waals surface area contributed by atoms with Crippen molar-refractivity contribution in [3.63, 3.8) is 0 Å². The van der Waals surface area contributed by atoms with Crippen molar-refractivity contribution in [2.24, 2.45) is 5.92 Å².